The minimum absolute atomic E-state index is 0.167. The largest absolute Gasteiger partial charge is 0.496 e. The molecule has 146 valence electrons. The molecule has 1 amide bonds. The molecule has 28 heavy (non-hydrogen) atoms. The summed E-state index contributed by atoms with van der Waals surface area (Å²) in [6.45, 7) is 8.21. The van der Waals surface area contributed by atoms with Crippen LogP contribution in [-0.4, -0.2) is 23.2 Å². The van der Waals surface area contributed by atoms with E-state index in [-0.39, 0.29) is 18.4 Å². The third kappa shape index (κ3) is 4.22. The molecule has 3 aromatic rings. The zero-order valence-electron chi connectivity index (χ0n) is 16.9. The van der Waals surface area contributed by atoms with Crippen LogP contribution in [0.3, 0.4) is 0 Å². The summed E-state index contributed by atoms with van der Waals surface area (Å²) < 4.78 is 10.7. The first kappa shape index (κ1) is 19.6. The van der Waals surface area contributed by atoms with Crippen LogP contribution in [0.15, 0.2) is 40.9 Å². The van der Waals surface area contributed by atoms with Crippen molar-refractivity contribution in [2.75, 3.05) is 7.11 Å². The molecule has 6 nitrogen and oxygen atoms in total. The number of aryl methyl sites for hydroxylation is 2. The van der Waals surface area contributed by atoms with Gasteiger partial charge in [0.2, 0.25) is 11.7 Å². The van der Waals surface area contributed by atoms with Crippen LogP contribution in [0, 0.1) is 13.8 Å². The number of benzene rings is 2. The van der Waals surface area contributed by atoms with Gasteiger partial charge in [-0.15, -0.1) is 0 Å². The first-order valence-corrected chi connectivity index (χ1v) is 9.25. The Morgan fingerprint density at radius 2 is 2.00 bits per heavy atom. The van der Waals surface area contributed by atoms with Crippen LogP contribution in [-0.2, 0) is 6.54 Å². The van der Waals surface area contributed by atoms with Gasteiger partial charge >= 0.3 is 0 Å². The highest BCUT2D eigenvalue weighted by Gasteiger charge is 2.17. The SMILES string of the molecule is COc1cc(C)c(C(=O)NCc2nc(-c3cccc(C)c3)no2)cc1C(C)C. The number of carbonyl (C=O) groups is 1. The van der Waals surface area contributed by atoms with Gasteiger partial charge in [-0.2, -0.15) is 4.98 Å². The van der Waals surface area contributed by atoms with Crippen molar-refractivity contribution in [3.63, 3.8) is 0 Å². The lowest BCUT2D eigenvalue weighted by Gasteiger charge is -2.15. The van der Waals surface area contributed by atoms with Gasteiger partial charge in [-0.05, 0) is 49.1 Å². The van der Waals surface area contributed by atoms with Crippen molar-refractivity contribution in [2.45, 2.75) is 40.2 Å². The average Bonchev–Trinajstić information content (AvgIpc) is 3.14. The van der Waals surface area contributed by atoms with Crippen molar-refractivity contribution < 1.29 is 14.1 Å². The van der Waals surface area contributed by atoms with Crippen LogP contribution < -0.4 is 10.1 Å². The molecule has 0 aliphatic rings. The van der Waals surface area contributed by atoms with Gasteiger partial charge in [-0.1, -0.05) is 42.8 Å². The van der Waals surface area contributed by atoms with E-state index in [0.29, 0.717) is 17.3 Å². The number of nitrogens with one attached hydrogen (secondary N) is 1. The van der Waals surface area contributed by atoms with Crippen molar-refractivity contribution in [2.24, 2.45) is 0 Å². The van der Waals surface area contributed by atoms with E-state index in [1.807, 2.05) is 50.2 Å². The highest BCUT2D eigenvalue weighted by atomic mass is 16.5. The second-order valence-corrected chi connectivity index (χ2v) is 7.13. The van der Waals surface area contributed by atoms with Gasteiger partial charge in [0.1, 0.15) is 5.75 Å². The van der Waals surface area contributed by atoms with E-state index in [0.717, 1.165) is 28.0 Å². The molecule has 0 saturated heterocycles. The molecule has 6 heteroatoms. The molecule has 1 aromatic heterocycles. The van der Waals surface area contributed by atoms with E-state index in [1.165, 1.54) is 0 Å². The maximum atomic E-state index is 12.7. The molecule has 0 saturated carbocycles. The van der Waals surface area contributed by atoms with Crippen molar-refractivity contribution >= 4 is 5.91 Å². The van der Waals surface area contributed by atoms with Gasteiger partial charge in [0, 0.05) is 11.1 Å². The van der Waals surface area contributed by atoms with Crippen LogP contribution in [0.25, 0.3) is 11.4 Å². The molecule has 0 atom stereocenters. The Morgan fingerprint density at radius 1 is 1.21 bits per heavy atom. The molecule has 0 unspecified atom stereocenters. The molecular weight excluding hydrogens is 354 g/mol. The molecule has 0 spiro atoms. The molecule has 2 aromatic carbocycles. The smallest absolute Gasteiger partial charge is 0.251 e. The summed E-state index contributed by atoms with van der Waals surface area (Å²) in [5, 5.41) is 6.86. The number of amides is 1. The second-order valence-electron chi connectivity index (χ2n) is 7.13. The van der Waals surface area contributed by atoms with E-state index in [9.17, 15) is 4.79 Å². The first-order valence-electron chi connectivity index (χ1n) is 9.25. The third-order valence-corrected chi connectivity index (χ3v) is 4.59. The maximum Gasteiger partial charge on any atom is 0.251 e. The Bertz CT molecular complexity index is 992. The first-order chi connectivity index (χ1) is 13.4. The topological polar surface area (TPSA) is 77.2 Å². The number of nitrogens with zero attached hydrogens (tertiary/aromatic N) is 2. The Hall–Kier alpha value is -3.15. The lowest BCUT2D eigenvalue weighted by Crippen LogP contribution is -2.24. The quantitative estimate of drug-likeness (QED) is 0.686. The van der Waals surface area contributed by atoms with Crippen molar-refractivity contribution in [3.05, 3.63) is 64.5 Å². The minimum Gasteiger partial charge on any atom is -0.496 e. The molecule has 0 bridgehead atoms. The summed E-state index contributed by atoms with van der Waals surface area (Å²) in [4.78, 5) is 17.1. The fourth-order valence-electron chi connectivity index (χ4n) is 3.05. The number of methoxy groups -OCH3 is 1. The van der Waals surface area contributed by atoms with E-state index in [4.69, 9.17) is 9.26 Å². The van der Waals surface area contributed by atoms with Gasteiger partial charge in [-0.25, -0.2) is 0 Å². The zero-order valence-corrected chi connectivity index (χ0v) is 16.9. The lowest BCUT2D eigenvalue weighted by molar-refractivity contribution is 0.0945. The summed E-state index contributed by atoms with van der Waals surface area (Å²) in [6, 6.07) is 11.7. The summed E-state index contributed by atoms with van der Waals surface area (Å²) in [6.07, 6.45) is 0. The maximum absolute atomic E-state index is 12.7. The van der Waals surface area contributed by atoms with Crippen molar-refractivity contribution in [1.82, 2.24) is 15.5 Å². The molecule has 1 heterocycles. The molecule has 0 fully saturated rings. The molecule has 0 radical (unpaired) electrons. The van der Waals surface area contributed by atoms with E-state index in [2.05, 4.69) is 29.3 Å². The number of hydrogen-bond donors (Lipinski definition) is 1. The Balaban J connectivity index is 1.73. The monoisotopic (exact) mass is 379 g/mol. The Kier molecular flexibility index (Phi) is 5.78. The van der Waals surface area contributed by atoms with Gasteiger partial charge in [0.25, 0.3) is 5.91 Å². The van der Waals surface area contributed by atoms with E-state index < -0.39 is 0 Å². The number of carbonyl (C=O) groups excluding carboxylic acids is 1. The fourth-order valence-corrected chi connectivity index (χ4v) is 3.05. The minimum atomic E-state index is -0.183. The standard InChI is InChI=1S/C22H25N3O3/c1-13(2)17-11-18(15(4)10-19(17)27-5)22(26)23-12-20-24-21(25-28-20)16-8-6-7-14(3)9-16/h6-11,13H,12H2,1-5H3,(H,23,26). The van der Waals surface area contributed by atoms with Gasteiger partial charge in [-0.3, -0.25) is 4.79 Å². The highest BCUT2D eigenvalue weighted by molar-refractivity contribution is 5.96. The van der Waals surface area contributed by atoms with Crippen LogP contribution in [0.4, 0.5) is 0 Å². The number of rotatable bonds is 6. The Labute approximate surface area is 164 Å². The predicted molar refractivity (Wildman–Crippen MR) is 107 cm³/mol. The molecular formula is C22H25N3O3. The van der Waals surface area contributed by atoms with Crippen LogP contribution in [0.2, 0.25) is 0 Å². The Morgan fingerprint density at radius 3 is 2.68 bits per heavy atom. The molecule has 0 aliphatic carbocycles. The number of ether oxygens (including phenoxy) is 1. The summed E-state index contributed by atoms with van der Waals surface area (Å²) >= 11 is 0. The van der Waals surface area contributed by atoms with Crippen molar-refractivity contribution in [3.8, 4) is 17.1 Å². The summed E-state index contributed by atoms with van der Waals surface area (Å²) in [5.41, 5.74) is 4.47. The van der Waals surface area contributed by atoms with Gasteiger partial charge in [0.05, 0.1) is 13.7 Å². The van der Waals surface area contributed by atoms with Crippen LogP contribution in [0.1, 0.15) is 52.7 Å². The lowest BCUT2D eigenvalue weighted by atomic mass is 9.96. The molecule has 0 aliphatic heterocycles. The van der Waals surface area contributed by atoms with Crippen LogP contribution in [0.5, 0.6) is 5.75 Å². The number of aromatic nitrogens is 2. The summed E-state index contributed by atoms with van der Waals surface area (Å²) in [5.74, 6) is 1.73. The van der Waals surface area contributed by atoms with Crippen LogP contribution >= 0.6 is 0 Å². The van der Waals surface area contributed by atoms with Gasteiger partial charge < -0.3 is 14.6 Å². The normalized spacial score (nSPS) is 10.9. The highest BCUT2D eigenvalue weighted by Crippen LogP contribution is 2.29. The molecule has 1 N–H and O–H groups in total. The van der Waals surface area contributed by atoms with E-state index in [1.54, 1.807) is 7.11 Å². The van der Waals surface area contributed by atoms with Crippen molar-refractivity contribution in [1.29, 1.82) is 0 Å². The summed E-state index contributed by atoms with van der Waals surface area (Å²) in [7, 11) is 1.64. The zero-order chi connectivity index (χ0) is 20.3. The molecule has 3 rings (SSSR count). The third-order valence-electron chi connectivity index (χ3n) is 4.59. The van der Waals surface area contributed by atoms with Gasteiger partial charge in [0.15, 0.2) is 0 Å². The fraction of sp³-hybridized carbons (Fsp3) is 0.318. The van der Waals surface area contributed by atoms with E-state index >= 15 is 0 Å². The average molecular weight is 379 g/mol. The number of hydrogen-bond acceptors (Lipinski definition) is 5. The predicted octanol–water partition coefficient (Wildman–Crippen LogP) is 4.42. The second kappa shape index (κ2) is 8.25.